The van der Waals surface area contributed by atoms with Gasteiger partial charge in [0, 0.05) is 37.8 Å². The third kappa shape index (κ3) is 3.70. The summed E-state index contributed by atoms with van der Waals surface area (Å²) < 4.78 is 68.2. The lowest BCUT2D eigenvalue weighted by Gasteiger charge is -2.41. The number of amides is 1. The highest BCUT2D eigenvalue weighted by atomic mass is 19.4. The van der Waals surface area contributed by atoms with Crippen LogP contribution >= 0.6 is 0 Å². The van der Waals surface area contributed by atoms with Crippen LogP contribution in [-0.2, 0) is 4.79 Å². The van der Waals surface area contributed by atoms with Gasteiger partial charge in [0.05, 0.1) is 10.9 Å². The number of anilines is 1. The van der Waals surface area contributed by atoms with E-state index in [1.54, 1.807) is 5.32 Å². The molecular formula is C19H16F5N3O4. The molecule has 1 aliphatic carbocycles. The normalized spacial score (nSPS) is 17.0. The molecule has 1 aromatic carbocycles. The van der Waals surface area contributed by atoms with Crippen molar-refractivity contribution in [1.29, 1.82) is 0 Å². The molecule has 0 atom stereocenters. The lowest BCUT2D eigenvalue weighted by Crippen LogP contribution is -2.53. The van der Waals surface area contributed by atoms with E-state index in [4.69, 9.17) is 0 Å². The summed E-state index contributed by atoms with van der Waals surface area (Å²) in [5.74, 6) is -6.14. The molecule has 2 heterocycles. The number of halogens is 5. The van der Waals surface area contributed by atoms with Gasteiger partial charge in [-0.3, -0.25) is 9.59 Å². The number of carboxylic acids is 1. The summed E-state index contributed by atoms with van der Waals surface area (Å²) in [5, 5.41) is 10.6. The van der Waals surface area contributed by atoms with Crippen molar-refractivity contribution in [3.05, 3.63) is 39.7 Å². The van der Waals surface area contributed by atoms with Crippen molar-refractivity contribution in [3.8, 4) is 0 Å². The molecule has 1 aromatic heterocycles. The molecule has 1 saturated heterocycles. The molecule has 4 rings (SSSR count). The standard InChI is InChI=1S/C19H16F5N3O4/c20-12-3-10-14(27(9-1-2-9)7-11(16(10)28)17(29)30)13(21)15(12)26-5-8(6-26)4-25-18(31)19(22,23)24/h3,7-9H,1-2,4-6H2,(H,25,31)(H,29,30). The molecule has 1 amide bonds. The van der Waals surface area contributed by atoms with E-state index in [1.807, 2.05) is 0 Å². The maximum atomic E-state index is 15.4. The van der Waals surface area contributed by atoms with Gasteiger partial charge in [0.25, 0.3) is 0 Å². The number of aromatic carboxylic acids is 1. The first-order valence-corrected chi connectivity index (χ1v) is 9.39. The molecular weight excluding hydrogens is 429 g/mol. The molecule has 7 nitrogen and oxygen atoms in total. The Morgan fingerprint density at radius 2 is 1.84 bits per heavy atom. The van der Waals surface area contributed by atoms with Gasteiger partial charge in [0.15, 0.2) is 5.82 Å². The van der Waals surface area contributed by atoms with E-state index in [0.717, 1.165) is 12.3 Å². The molecule has 166 valence electrons. The van der Waals surface area contributed by atoms with Crippen LogP contribution in [0.3, 0.4) is 0 Å². The predicted octanol–water partition coefficient (Wildman–Crippen LogP) is 2.43. The fourth-order valence-electron chi connectivity index (χ4n) is 3.73. The smallest absolute Gasteiger partial charge is 0.471 e. The lowest BCUT2D eigenvalue weighted by atomic mass is 9.98. The number of nitrogens with zero attached hydrogens (tertiary/aromatic N) is 2. The highest BCUT2D eigenvalue weighted by Crippen LogP contribution is 2.40. The topological polar surface area (TPSA) is 91.6 Å². The molecule has 2 fully saturated rings. The Kier molecular flexibility index (Phi) is 4.90. The Balaban J connectivity index is 1.64. The van der Waals surface area contributed by atoms with Crippen LogP contribution in [0.5, 0.6) is 0 Å². The van der Waals surface area contributed by atoms with Crippen molar-refractivity contribution >= 4 is 28.5 Å². The number of carbonyl (C=O) groups excluding carboxylic acids is 1. The number of hydrogen-bond donors (Lipinski definition) is 2. The van der Waals surface area contributed by atoms with Gasteiger partial charge >= 0.3 is 18.1 Å². The van der Waals surface area contributed by atoms with E-state index in [1.165, 1.54) is 9.47 Å². The number of carbonyl (C=O) groups is 2. The van der Waals surface area contributed by atoms with E-state index in [9.17, 15) is 37.1 Å². The van der Waals surface area contributed by atoms with Crippen LogP contribution in [0.15, 0.2) is 17.1 Å². The average Bonchev–Trinajstić information content (AvgIpc) is 3.47. The van der Waals surface area contributed by atoms with E-state index in [2.05, 4.69) is 0 Å². The predicted molar refractivity (Wildman–Crippen MR) is 98.1 cm³/mol. The van der Waals surface area contributed by atoms with Gasteiger partial charge in [0.2, 0.25) is 5.43 Å². The summed E-state index contributed by atoms with van der Waals surface area (Å²) >= 11 is 0. The molecule has 0 spiro atoms. The number of pyridine rings is 1. The zero-order valence-electron chi connectivity index (χ0n) is 15.8. The largest absolute Gasteiger partial charge is 0.477 e. The van der Waals surface area contributed by atoms with Crippen molar-refractivity contribution in [2.24, 2.45) is 5.92 Å². The summed E-state index contributed by atoms with van der Waals surface area (Å²) in [5.41, 5.74) is -2.24. The van der Waals surface area contributed by atoms with Crippen LogP contribution in [0.4, 0.5) is 27.6 Å². The van der Waals surface area contributed by atoms with Gasteiger partial charge in [-0.05, 0) is 18.9 Å². The molecule has 0 radical (unpaired) electrons. The van der Waals surface area contributed by atoms with Crippen LogP contribution in [0.1, 0.15) is 29.2 Å². The summed E-state index contributed by atoms with van der Waals surface area (Å²) in [6.07, 6.45) is -2.66. The van der Waals surface area contributed by atoms with Gasteiger partial charge in [-0.15, -0.1) is 0 Å². The summed E-state index contributed by atoms with van der Waals surface area (Å²) in [4.78, 5) is 36.0. The van der Waals surface area contributed by atoms with Gasteiger partial charge in [-0.2, -0.15) is 13.2 Å². The minimum Gasteiger partial charge on any atom is -0.477 e. The summed E-state index contributed by atoms with van der Waals surface area (Å²) in [6, 6.07) is 0.580. The number of fused-ring (bicyclic) bond motifs is 1. The molecule has 0 unspecified atom stereocenters. The first-order chi connectivity index (χ1) is 14.5. The maximum absolute atomic E-state index is 15.4. The van der Waals surface area contributed by atoms with Crippen molar-refractivity contribution in [2.45, 2.75) is 25.1 Å². The van der Waals surface area contributed by atoms with E-state index in [-0.39, 0.29) is 36.6 Å². The molecule has 12 heteroatoms. The van der Waals surface area contributed by atoms with Crippen LogP contribution in [0.25, 0.3) is 10.9 Å². The van der Waals surface area contributed by atoms with E-state index < -0.39 is 52.3 Å². The zero-order chi connectivity index (χ0) is 22.7. The number of aromatic nitrogens is 1. The summed E-state index contributed by atoms with van der Waals surface area (Å²) in [6.45, 7) is -0.308. The molecule has 0 bridgehead atoms. The van der Waals surface area contributed by atoms with Crippen molar-refractivity contribution < 1.29 is 36.6 Å². The number of carboxylic acid groups (broad SMARTS) is 1. The number of hydrogen-bond acceptors (Lipinski definition) is 4. The van der Waals surface area contributed by atoms with E-state index in [0.29, 0.717) is 12.8 Å². The van der Waals surface area contributed by atoms with Crippen LogP contribution in [-0.4, -0.2) is 47.4 Å². The second kappa shape index (κ2) is 7.20. The fourth-order valence-corrected chi connectivity index (χ4v) is 3.73. The molecule has 1 saturated carbocycles. The van der Waals surface area contributed by atoms with Crippen molar-refractivity contribution in [1.82, 2.24) is 9.88 Å². The molecule has 2 N–H and O–H groups in total. The number of rotatable bonds is 5. The molecule has 31 heavy (non-hydrogen) atoms. The Morgan fingerprint density at radius 1 is 1.19 bits per heavy atom. The Bertz CT molecular complexity index is 1150. The number of benzene rings is 1. The minimum absolute atomic E-state index is 0.00163. The Labute approximate surface area is 171 Å². The van der Waals surface area contributed by atoms with Crippen molar-refractivity contribution in [2.75, 3.05) is 24.5 Å². The van der Waals surface area contributed by atoms with Crippen LogP contribution < -0.4 is 15.6 Å². The van der Waals surface area contributed by atoms with Gasteiger partial charge in [0.1, 0.15) is 17.1 Å². The van der Waals surface area contributed by atoms with E-state index >= 15 is 4.39 Å². The quantitative estimate of drug-likeness (QED) is 0.690. The Hall–Kier alpha value is -3.18. The monoisotopic (exact) mass is 445 g/mol. The lowest BCUT2D eigenvalue weighted by molar-refractivity contribution is -0.173. The van der Waals surface area contributed by atoms with Crippen molar-refractivity contribution in [3.63, 3.8) is 0 Å². The van der Waals surface area contributed by atoms with Gasteiger partial charge < -0.3 is 19.9 Å². The molecule has 2 aromatic rings. The van der Waals surface area contributed by atoms with Crippen LogP contribution in [0, 0.1) is 17.6 Å². The highest BCUT2D eigenvalue weighted by Gasteiger charge is 2.40. The first kappa shape index (κ1) is 21.1. The Morgan fingerprint density at radius 3 is 2.39 bits per heavy atom. The first-order valence-electron chi connectivity index (χ1n) is 9.39. The second-order valence-corrected chi connectivity index (χ2v) is 7.71. The minimum atomic E-state index is -5.01. The highest BCUT2D eigenvalue weighted by molar-refractivity contribution is 5.94. The second-order valence-electron chi connectivity index (χ2n) is 7.71. The van der Waals surface area contributed by atoms with Gasteiger partial charge in [-0.1, -0.05) is 0 Å². The summed E-state index contributed by atoms with van der Waals surface area (Å²) in [7, 11) is 0. The molecule has 2 aliphatic rings. The number of alkyl halides is 3. The van der Waals surface area contributed by atoms with Gasteiger partial charge in [-0.25, -0.2) is 13.6 Å². The average molecular weight is 445 g/mol. The number of nitrogens with one attached hydrogen (secondary N) is 1. The zero-order valence-corrected chi connectivity index (χ0v) is 15.8. The fraction of sp³-hybridized carbons (Fsp3) is 0.421. The SMILES string of the molecule is O=C(O)c1cn(C2CC2)c2c(F)c(N3CC(CNC(=O)C(F)(F)F)C3)c(F)cc2c1=O. The molecule has 1 aliphatic heterocycles. The third-order valence-electron chi connectivity index (χ3n) is 5.44. The third-order valence-corrected chi connectivity index (χ3v) is 5.44. The van der Waals surface area contributed by atoms with Crippen LogP contribution in [0.2, 0.25) is 0 Å². The maximum Gasteiger partial charge on any atom is 0.471 e.